The van der Waals surface area contributed by atoms with Crippen LogP contribution in [0.3, 0.4) is 0 Å². The number of rotatable bonds is 7. The summed E-state index contributed by atoms with van der Waals surface area (Å²) >= 11 is 0. The number of unbranched alkanes of at least 4 members (excludes halogenated alkanes) is 1. The van der Waals surface area contributed by atoms with Crippen LogP contribution in [0.4, 0.5) is 0 Å². The van der Waals surface area contributed by atoms with Gasteiger partial charge in [-0.05, 0) is 42.9 Å². The van der Waals surface area contributed by atoms with Crippen LogP contribution >= 0.6 is 0 Å². The second-order valence-electron chi connectivity index (χ2n) is 6.15. The van der Waals surface area contributed by atoms with Gasteiger partial charge in [-0.25, -0.2) is 0 Å². The molecule has 0 aliphatic carbocycles. The Hall–Kier alpha value is -1.35. The third kappa shape index (κ3) is 4.07. The highest BCUT2D eigenvalue weighted by Crippen LogP contribution is 2.18. The molecule has 1 aliphatic rings. The van der Waals surface area contributed by atoms with Crippen molar-refractivity contribution in [2.45, 2.75) is 39.0 Å². The van der Waals surface area contributed by atoms with E-state index < -0.39 is 5.97 Å². The second-order valence-corrected chi connectivity index (χ2v) is 6.15. The number of aryl methyl sites for hydroxylation is 1. The fourth-order valence-electron chi connectivity index (χ4n) is 2.64. The molecule has 1 fully saturated rings. The first-order valence-corrected chi connectivity index (χ1v) is 7.60. The molecule has 1 N–H and O–H groups in total. The third-order valence-corrected chi connectivity index (χ3v) is 4.14. The Morgan fingerprint density at radius 3 is 2.45 bits per heavy atom. The van der Waals surface area contributed by atoms with E-state index in [-0.39, 0.29) is 5.92 Å². The number of carboxylic acids is 1. The molecule has 0 radical (unpaired) electrons. The highest BCUT2D eigenvalue weighted by molar-refractivity contribution is 5.71. The molecule has 0 atom stereocenters. The van der Waals surface area contributed by atoms with E-state index in [1.54, 1.807) is 0 Å². The monoisotopic (exact) mass is 275 g/mol. The molecule has 1 saturated heterocycles. The Balaban J connectivity index is 1.61. The minimum absolute atomic E-state index is 0.126. The molecular formula is C17H25NO2. The molecule has 1 aliphatic heterocycles. The Bertz CT molecular complexity index is 433. The first kappa shape index (κ1) is 15.0. The summed E-state index contributed by atoms with van der Waals surface area (Å²) in [6.07, 6.45) is 3.45. The number of likely N-dealkylation sites (tertiary alicyclic amines) is 1. The van der Waals surface area contributed by atoms with Crippen LogP contribution in [0, 0.1) is 5.92 Å². The van der Waals surface area contributed by atoms with Crippen molar-refractivity contribution in [1.82, 2.24) is 4.90 Å². The van der Waals surface area contributed by atoms with Gasteiger partial charge in [0.15, 0.2) is 0 Å². The lowest BCUT2D eigenvalue weighted by molar-refractivity contribution is -0.147. The fraction of sp³-hybridized carbons (Fsp3) is 0.588. The second kappa shape index (κ2) is 6.89. The topological polar surface area (TPSA) is 40.5 Å². The quantitative estimate of drug-likeness (QED) is 0.777. The average molecular weight is 275 g/mol. The van der Waals surface area contributed by atoms with Crippen LogP contribution in [0.15, 0.2) is 24.3 Å². The number of hydrogen-bond donors (Lipinski definition) is 1. The molecule has 3 nitrogen and oxygen atoms in total. The van der Waals surface area contributed by atoms with Crippen LogP contribution in [0.2, 0.25) is 0 Å². The molecule has 0 unspecified atom stereocenters. The molecule has 0 amide bonds. The summed E-state index contributed by atoms with van der Waals surface area (Å²) in [5, 5.41) is 8.81. The van der Waals surface area contributed by atoms with E-state index in [4.69, 9.17) is 5.11 Å². The number of carbonyl (C=O) groups is 1. The standard InChI is InChI=1S/C17H25NO2/c1-13(2)15-8-6-14(7-9-15)5-3-4-10-18-11-16(12-18)17(19)20/h6-9,13,16H,3-5,10-12H2,1-2H3,(H,19,20). The van der Waals surface area contributed by atoms with Crippen molar-refractivity contribution in [2.75, 3.05) is 19.6 Å². The van der Waals surface area contributed by atoms with Gasteiger partial charge in [0.1, 0.15) is 0 Å². The molecule has 0 spiro atoms. The van der Waals surface area contributed by atoms with Gasteiger partial charge in [-0.3, -0.25) is 4.79 Å². The van der Waals surface area contributed by atoms with Gasteiger partial charge in [0.2, 0.25) is 0 Å². The van der Waals surface area contributed by atoms with Gasteiger partial charge in [0.25, 0.3) is 0 Å². The van der Waals surface area contributed by atoms with E-state index >= 15 is 0 Å². The smallest absolute Gasteiger partial charge is 0.309 e. The Morgan fingerprint density at radius 2 is 1.90 bits per heavy atom. The Labute approximate surface area is 121 Å². The molecular weight excluding hydrogens is 250 g/mol. The molecule has 3 heteroatoms. The molecule has 0 saturated carbocycles. The van der Waals surface area contributed by atoms with E-state index in [0.29, 0.717) is 5.92 Å². The van der Waals surface area contributed by atoms with Crippen molar-refractivity contribution in [2.24, 2.45) is 5.92 Å². The molecule has 1 aromatic carbocycles. The van der Waals surface area contributed by atoms with Gasteiger partial charge in [0, 0.05) is 13.1 Å². The van der Waals surface area contributed by atoms with Gasteiger partial charge in [-0.2, -0.15) is 0 Å². The predicted octanol–water partition coefficient (Wildman–Crippen LogP) is 3.15. The lowest BCUT2D eigenvalue weighted by Gasteiger charge is -2.36. The van der Waals surface area contributed by atoms with Crippen LogP contribution < -0.4 is 0 Å². The van der Waals surface area contributed by atoms with Gasteiger partial charge in [0.05, 0.1) is 5.92 Å². The van der Waals surface area contributed by atoms with Crippen molar-refractivity contribution >= 4 is 5.97 Å². The number of nitrogens with zero attached hydrogens (tertiary/aromatic N) is 1. The first-order chi connectivity index (χ1) is 9.56. The van der Waals surface area contributed by atoms with Crippen molar-refractivity contribution in [3.8, 4) is 0 Å². The lowest BCUT2D eigenvalue weighted by Crippen LogP contribution is -2.50. The summed E-state index contributed by atoms with van der Waals surface area (Å²) in [6, 6.07) is 8.93. The molecule has 110 valence electrons. The molecule has 1 aromatic rings. The molecule has 1 heterocycles. The average Bonchev–Trinajstić information content (AvgIpc) is 2.36. The number of carboxylic acid groups (broad SMARTS) is 1. The SMILES string of the molecule is CC(C)c1ccc(CCCCN2CC(C(=O)O)C2)cc1. The van der Waals surface area contributed by atoms with Crippen molar-refractivity contribution in [1.29, 1.82) is 0 Å². The highest BCUT2D eigenvalue weighted by atomic mass is 16.4. The zero-order valence-corrected chi connectivity index (χ0v) is 12.5. The van der Waals surface area contributed by atoms with Crippen LogP contribution in [-0.2, 0) is 11.2 Å². The minimum atomic E-state index is -0.647. The van der Waals surface area contributed by atoms with Crippen LogP contribution in [0.5, 0.6) is 0 Å². The van der Waals surface area contributed by atoms with Crippen LogP contribution in [-0.4, -0.2) is 35.6 Å². The normalized spacial score (nSPS) is 16.4. The number of aliphatic carboxylic acids is 1. The van der Waals surface area contributed by atoms with E-state index in [2.05, 4.69) is 43.0 Å². The molecule has 0 aromatic heterocycles. The highest BCUT2D eigenvalue weighted by Gasteiger charge is 2.31. The van der Waals surface area contributed by atoms with Crippen molar-refractivity contribution in [3.05, 3.63) is 35.4 Å². The van der Waals surface area contributed by atoms with E-state index in [9.17, 15) is 4.79 Å². The van der Waals surface area contributed by atoms with E-state index in [1.165, 1.54) is 17.5 Å². The van der Waals surface area contributed by atoms with Crippen LogP contribution in [0.25, 0.3) is 0 Å². The van der Waals surface area contributed by atoms with Gasteiger partial charge in [-0.15, -0.1) is 0 Å². The largest absolute Gasteiger partial charge is 0.481 e. The summed E-state index contributed by atoms with van der Waals surface area (Å²) < 4.78 is 0. The molecule has 0 bridgehead atoms. The first-order valence-electron chi connectivity index (χ1n) is 7.60. The predicted molar refractivity (Wildman–Crippen MR) is 81.0 cm³/mol. The van der Waals surface area contributed by atoms with Gasteiger partial charge in [-0.1, -0.05) is 38.1 Å². The zero-order valence-electron chi connectivity index (χ0n) is 12.5. The van der Waals surface area contributed by atoms with Gasteiger partial charge >= 0.3 is 5.97 Å². The summed E-state index contributed by atoms with van der Waals surface area (Å²) in [6.45, 7) is 6.93. The number of benzene rings is 1. The fourth-order valence-corrected chi connectivity index (χ4v) is 2.64. The maximum absolute atomic E-state index is 10.7. The van der Waals surface area contributed by atoms with E-state index in [1.807, 2.05) is 0 Å². The maximum atomic E-state index is 10.7. The lowest BCUT2D eigenvalue weighted by atomic mass is 9.98. The van der Waals surface area contributed by atoms with Crippen molar-refractivity contribution < 1.29 is 9.90 Å². The van der Waals surface area contributed by atoms with Gasteiger partial charge < -0.3 is 10.0 Å². The Morgan fingerprint density at radius 1 is 1.25 bits per heavy atom. The maximum Gasteiger partial charge on any atom is 0.309 e. The molecule has 2 rings (SSSR count). The summed E-state index contributed by atoms with van der Waals surface area (Å²) in [5.74, 6) is -0.178. The summed E-state index contributed by atoms with van der Waals surface area (Å²) in [4.78, 5) is 12.9. The summed E-state index contributed by atoms with van der Waals surface area (Å²) in [5.41, 5.74) is 2.80. The van der Waals surface area contributed by atoms with Crippen LogP contribution in [0.1, 0.15) is 43.7 Å². The zero-order chi connectivity index (χ0) is 14.5. The van der Waals surface area contributed by atoms with E-state index in [0.717, 1.165) is 32.5 Å². The number of hydrogen-bond acceptors (Lipinski definition) is 2. The third-order valence-electron chi connectivity index (χ3n) is 4.14. The molecule has 20 heavy (non-hydrogen) atoms. The minimum Gasteiger partial charge on any atom is -0.481 e. The Kier molecular flexibility index (Phi) is 5.18. The van der Waals surface area contributed by atoms with Crippen molar-refractivity contribution in [3.63, 3.8) is 0 Å². The summed E-state index contributed by atoms with van der Waals surface area (Å²) in [7, 11) is 0.